The third kappa shape index (κ3) is 4.22. The first-order valence-electron chi connectivity index (χ1n) is 9.03. The Balaban J connectivity index is 1.37. The number of hydrogen-bond acceptors (Lipinski definition) is 5. The van der Waals surface area contributed by atoms with Gasteiger partial charge in [0.25, 0.3) is 17.1 Å². The van der Waals surface area contributed by atoms with E-state index in [1.165, 1.54) is 35.6 Å². The van der Waals surface area contributed by atoms with Gasteiger partial charge >= 0.3 is 0 Å². The molecule has 1 N–H and O–H groups in total. The third-order valence-corrected chi connectivity index (χ3v) is 6.21. The first kappa shape index (κ1) is 20.1. The number of rotatable bonds is 6. The molecule has 1 aliphatic heterocycles. The van der Waals surface area contributed by atoms with E-state index in [-0.39, 0.29) is 29.7 Å². The van der Waals surface area contributed by atoms with Crippen molar-refractivity contribution < 1.29 is 18.8 Å². The molecule has 152 valence electrons. The molecule has 0 unspecified atom stereocenters. The van der Waals surface area contributed by atoms with Crippen LogP contribution >= 0.6 is 23.1 Å². The van der Waals surface area contributed by atoms with Crippen molar-refractivity contribution in [2.45, 2.75) is 0 Å². The van der Waals surface area contributed by atoms with Crippen molar-refractivity contribution in [3.63, 3.8) is 0 Å². The second kappa shape index (κ2) is 8.68. The number of benzene rings is 1. The number of halogens is 1. The van der Waals surface area contributed by atoms with Crippen molar-refractivity contribution in [3.8, 4) is 5.69 Å². The zero-order chi connectivity index (χ0) is 21.1. The van der Waals surface area contributed by atoms with E-state index in [0.717, 1.165) is 22.3 Å². The molecular formula is C21H16FN3O3S2. The van der Waals surface area contributed by atoms with Crippen molar-refractivity contribution in [1.29, 1.82) is 0 Å². The molecule has 0 spiro atoms. The zero-order valence-electron chi connectivity index (χ0n) is 15.6. The molecule has 3 heterocycles. The molecule has 0 atom stereocenters. The number of thioether (sulfide) groups is 1. The minimum Gasteiger partial charge on any atom is -0.349 e. The molecule has 0 aliphatic carbocycles. The summed E-state index contributed by atoms with van der Waals surface area (Å²) in [6.45, 7) is 0.213. The van der Waals surface area contributed by atoms with Crippen LogP contribution in [0.2, 0.25) is 0 Å². The summed E-state index contributed by atoms with van der Waals surface area (Å²) in [4.78, 5) is 39.2. The first-order valence-corrected chi connectivity index (χ1v) is 10.7. The smallest absolute Gasteiger partial charge is 0.293 e. The molecule has 1 aliphatic rings. The molecule has 4 rings (SSSR count). The normalized spacial score (nSPS) is 15.2. The number of aromatic nitrogens is 1. The van der Waals surface area contributed by atoms with Crippen LogP contribution in [-0.2, 0) is 4.79 Å². The highest BCUT2D eigenvalue weighted by atomic mass is 32.2. The molecule has 1 saturated heterocycles. The number of nitrogens with zero attached hydrogens (tertiary/aromatic N) is 2. The minimum absolute atomic E-state index is 0.0708. The molecule has 3 aromatic rings. The largest absolute Gasteiger partial charge is 0.349 e. The molecule has 0 bridgehead atoms. The van der Waals surface area contributed by atoms with Crippen molar-refractivity contribution in [2.75, 3.05) is 13.1 Å². The quantitative estimate of drug-likeness (QED) is 0.584. The van der Waals surface area contributed by atoms with Gasteiger partial charge in [-0.25, -0.2) is 4.39 Å². The molecule has 6 nitrogen and oxygen atoms in total. The van der Waals surface area contributed by atoms with Gasteiger partial charge in [0.1, 0.15) is 10.7 Å². The van der Waals surface area contributed by atoms with Gasteiger partial charge < -0.3 is 9.88 Å². The maximum atomic E-state index is 13.0. The number of hydrogen-bond donors (Lipinski definition) is 1. The fraction of sp³-hybridized carbons (Fsp3) is 0.0952. The Bertz CT molecular complexity index is 1120. The summed E-state index contributed by atoms with van der Waals surface area (Å²) >= 11 is 2.15. The summed E-state index contributed by atoms with van der Waals surface area (Å²) in [6, 6.07) is 11.3. The topological polar surface area (TPSA) is 71.4 Å². The fourth-order valence-electron chi connectivity index (χ4n) is 2.94. The van der Waals surface area contributed by atoms with Gasteiger partial charge in [-0.15, -0.1) is 11.3 Å². The first-order chi connectivity index (χ1) is 14.5. The van der Waals surface area contributed by atoms with E-state index in [2.05, 4.69) is 5.32 Å². The maximum absolute atomic E-state index is 13.0. The van der Waals surface area contributed by atoms with Crippen LogP contribution in [0.15, 0.2) is 65.1 Å². The Labute approximate surface area is 180 Å². The van der Waals surface area contributed by atoms with Crippen LogP contribution in [0.3, 0.4) is 0 Å². The zero-order valence-corrected chi connectivity index (χ0v) is 17.2. The lowest BCUT2D eigenvalue weighted by Gasteiger charge is -2.13. The highest BCUT2D eigenvalue weighted by Crippen LogP contribution is 2.32. The number of nitrogens with one attached hydrogen (secondary N) is 1. The highest BCUT2D eigenvalue weighted by molar-refractivity contribution is 8.18. The Morgan fingerprint density at radius 1 is 1.10 bits per heavy atom. The van der Waals surface area contributed by atoms with E-state index >= 15 is 0 Å². The monoisotopic (exact) mass is 441 g/mol. The minimum atomic E-state index is -0.423. The van der Waals surface area contributed by atoms with Crippen LogP contribution < -0.4 is 5.32 Å². The van der Waals surface area contributed by atoms with E-state index in [0.29, 0.717) is 10.4 Å². The van der Waals surface area contributed by atoms with Crippen molar-refractivity contribution in [2.24, 2.45) is 0 Å². The van der Waals surface area contributed by atoms with Crippen molar-refractivity contribution in [1.82, 2.24) is 14.8 Å². The average molecular weight is 442 g/mol. The Hall–Kier alpha value is -3.17. The molecule has 3 amide bonds. The molecule has 0 radical (unpaired) electrons. The van der Waals surface area contributed by atoms with E-state index in [1.807, 2.05) is 40.5 Å². The summed E-state index contributed by atoms with van der Waals surface area (Å²) in [5, 5.41) is 4.21. The number of amides is 3. The van der Waals surface area contributed by atoms with Crippen molar-refractivity contribution in [3.05, 3.63) is 81.4 Å². The van der Waals surface area contributed by atoms with E-state index in [4.69, 9.17) is 0 Å². The molecule has 0 saturated carbocycles. The Kier molecular flexibility index (Phi) is 5.82. The summed E-state index contributed by atoms with van der Waals surface area (Å²) in [6.07, 6.45) is 5.26. The summed E-state index contributed by atoms with van der Waals surface area (Å²) in [5.41, 5.74) is 1.40. The summed E-state index contributed by atoms with van der Waals surface area (Å²) in [5.74, 6) is -1.06. The lowest BCUT2D eigenvalue weighted by molar-refractivity contribution is -0.122. The van der Waals surface area contributed by atoms with E-state index in [1.54, 1.807) is 6.08 Å². The fourth-order valence-corrected chi connectivity index (χ4v) is 4.61. The summed E-state index contributed by atoms with van der Waals surface area (Å²) in [7, 11) is 0. The Morgan fingerprint density at radius 2 is 1.83 bits per heavy atom. The lowest BCUT2D eigenvalue weighted by Crippen LogP contribution is -2.37. The maximum Gasteiger partial charge on any atom is 0.293 e. The lowest BCUT2D eigenvalue weighted by atomic mass is 10.2. The second-order valence-electron chi connectivity index (χ2n) is 6.37. The molecular weight excluding hydrogens is 425 g/mol. The SMILES string of the molecule is O=C(NCCN1C(=O)S/C(=C\c2ccc(F)cc2)C1=O)c1sccc1-n1cccc1. The van der Waals surface area contributed by atoms with E-state index < -0.39 is 11.1 Å². The van der Waals surface area contributed by atoms with E-state index in [9.17, 15) is 18.8 Å². The summed E-state index contributed by atoms with van der Waals surface area (Å²) < 4.78 is 14.9. The van der Waals surface area contributed by atoms with Gasteiger partial charge in [-0.2, -0.15) is 0 Å². The van der Waals surface area contributed by atoms with Crippen LogP contribution in [0.4, 0.5) is 9.18 Å². The highest BCUT2D eigenvalue weighted by Gasteiger charge is 2.34. The van der Waals surface area contributed by atoms with Gasteiger partial charge in [-0.3, -0.25) is 19.3 Å². The number of carbonyl (C=O) groups is 3. The standard InChI is InChI=1S/C21H16FN3O3S2/c22-15-5-3-14(4-6-15)13-17-20(27)25(21(28)30-17)11-8-23-19(26)18-16(7-12-29-18)24-9-1-2-10-24/h1-7,9-10,12-13H,8,11H2,(H,23,26)/b17-13-. The average Bonchev–Trinajstić information content (AvgIpc) is 3.46. The van der Waals surface area contributed by atoms with Gasteiger partial charge in [0, 0.05) is 25.5 Å². The van der Waals surface area contributed by atoms with Crippen LogP contribution in [0.1, 0.15) is 15.2 Å². The van der Waals surface area contributed by atoms with Crippen molar-refractivity contribution >= 4 is 46.2 Å². The van der Waals surface area contributed by atoms with Gasteiger partial charge in [0.15, 0.2) is 0 Å². The second-order valence-corrected chi connectivity index (χ2v) is 8.28. The molecule has 9 heteroatoms. The van der Waals surface area contributed by atoms with Crippen LogP contribution in [-0.4, -0.2) is 39.6 Å². The van der Waals surface area contributed by atoms with Gasteiger partial charge in [0.2, 0.25) is 0 Å². The molecule has 2 aromatic heterocycles. The third-order valence-electron chi connectivity index (χ3n) is 4.40. The van der Waals surface area contributed by atoms with Gasteiger partial charge in [-0.1, -0.05) is 12.1 Å². The van der Waals surface area contributed by atoms with Gasteiger partial charge in [-0.05, 0) is 59.1 Å². The predicted octanol–water partition coefficient (Wildman–Crippen LogP) is 4.14. The molecule has 1 aromatic carbocycles. The molecule has 30 heavy (non-hydrogen) atoms. The number of thiophene rings is 1. The predicted molar refractivity (Wildman–Crippen MR) is 115 cm³/mol. The number of carbonyl (C=O) groups excluding carboxylic acids is 3. The van der Waals surface area contributed by atoms with Crippen LogP contribution in [0, 0.1) is 5.82 Å². The Morgan fingerprint density at radius 3 is 2.57 bits per heavy atom. The van der Waals surface area contributed by atoms with Gasteiger partial charge in [0.05, 0.1) is 10.6 Å². The van der Waals surface area contributed by atoms with Crippen LogP contribution in [0.25, 0.3) is 11.8 Å². The number of imide groups is 1. The van der Waals surface area contributed by atoms with Crippen LogP contribution in [0.5, 0.6) is 0 Å². The molecule has 1 fully saturated rings.